The molecule has 1 aromatic rings. The van der Waals surface area contributed by atoms with Crippen LogP contribution in [0, 0.1) is 0 Å². The predicted molar refractivity (Wildman–Crippen MR) is 65.5 cm³/mol. The number of thiazole rings is 1. The summed E-state index contributed by atoms with van der Waals surface area (Å²) in [4.78, 5) is 15.9. The SMILES string of the molecule is CCOC1CC(Nc2ncc(C(=O)OC)s2)C1. The van der Waals surface area contributed by atoms with Gasteiger partial charge < -0.3 is 14.8 Å². The highest BCUT2D eigenvalue weighted by atomic mass is 32.1. The fourth-order valence-electron chi connectivity index (χ4n) is 1.77. The molecule has 6 heteroatoms. The molecule has 1 heterocycles. The Bertz CT molecular complexity index is 388. The molecule has 0 radical (unpaired) electrons. The van der Waals surface area contributed by atoms with Crippen LogP contribution in [-0.4, -0.2) is 36.8 Å². The minimum atomic E-state index is -0.337. The fourth-order valence-corrected chi connectivity index (χ4v) is 2.58. The van der Waals surface area contributed by atoms with E-state index >= 15 is 0 Å². The first kappa shape index (κ1) is 12.3. The Balaban J connectivity index is 1.81. The first-order valence-corrected chi connectivity index (χ1v) is 6.46. The van der Waals surface area contributed by atoms with E-state index in [0.29, 0.717) is 17.0 Å². The van der Waals surface area contributed by atoms with E-state index < -0.39 is 0 Å². The second kappa shape index (κ2) is 5.46. The van der Waals surface area contributed by atoms with Crippen LogP contribution in [0.1, 0.15) is 29.4 Å². The van der Waals surface area contributed by atoms with Crippen LogP contribution < -0.4 is 5.32 Å². The van der Waals surface area contributed by atoms with Crippen LogP contribution in [0.3, 0.4) is 0 Å². The molecule has 1 aliphatic rings. The zero-order valence-corrected chi connectivity index (χ0v) is 10.8. The molecule has 2 rings (SSSR count). The average Bonchev–Trinajstić information content (AvgIpc) is 2.74. The Labute approximate surface area is 104 Å². The molecular formula is C11H16N2O3S. The standard InChI is InChI=1S/C11H16N2O3S/c1-3-16-8-4-7(5-8)13-11-12-6-9(17-11)10(14)15-2/h6-8H,3-5H2,1-2H3,(H,12,13). The molecule has 0 spiro atoms. The molecule has 1 aromatic heterocycles. The molecule has 17 heavy (non-hydrogen) atoms. The third kappa shape index (κ3) is 2.95. The monoisotopic (exact) mass is 256 g/mol. The number of nitrogens with zero attached hydrogens (tertiary/aromatic N) is 1. The van der Waals surface area contributed by atoms with Crippen LogP contribution in [0.15, 0.2) is 6.20 Å². The molecule has 1 N–H and O–H groups in total. The normalized spacial score (nSPS) is 22.9. The van der Waals surface area contributed by atoms with Gasteiger partial charge in [-0.3, -0.25) is 0 Å². The molecule has 94 valence electrons. The predicted octanol–water partition coefficient (Wildman–Crippen LogP) is 1.91. The highest BCUT2D eigenvalue weighted by molar-refractivity contribution is 7.17. The van der Waals surface area contributed by atoms with E-state index in [2.05, 4.69) is 15.0 Å². The minimum absolute atomic E-state index is 0.337. The maximum Gasteiger partial charge on any atom is 0.349 e. The summed E-state index contributed by atoms with van der Waals surface area (Å²) in [6.45, 7) is 2.77. The lowest BCUT2D eigenvalue weighted by Gasteiger charge is -2.35. The lowest BCUT2D eigenvalue weighted by Crippen LogP contribution is -2.40. The lowest BCUT2D eigenvalue weighted by molar-refractivity contribution is 0.00299. The second-order valence-electron chi connectivity index (χ2n) is 3.91. The van der Waals surface area contributed by atoms with Gasteiger partial charge in [-0.05, 0) is 19.8 Å². The van der Waals surface area contributed by atoms with Gasteiger partial charge in [-0.1, -0.05) is 11.3 Å². The van der Waals surface area contributed by atoms with Gasteiger partial charge in [-0.15, -0.1) is 0 Å². The van der Waals surface area contributed by atoms with Crippen LogP contribution >= 0.6 is 11.3 Å². The van der Waals surface area contributed by atoms with E-state index in [9.17, 15) is 4.79 Å². The number of aromatic nitrogens is 1. The summed E-state index contributed by atoms with van der Waals surface area (Å²) in [7, 11) is 1.37. The Morgan fingerprint density at radius 3 is 3.06 bits per heavy atom. The van der Waals surface area contributed by atoms with E-state index in [4.69, 9.17) is 4.74 Å². The van der Waals surface area contributed by atoms with E-state index in [-0.39, 0.29) is 5.97 Å². The van der Waals surface area contributed by atoms with E-state index in [0.717, 1.165) is 24.6 Å². The van der Waals surface area contributed by atoms with Crippen molar-refractivity contribution in [3.8, 4) is 0 Å². The first-order chi connectivity index (χ1) is 8.22. The van der Waals surface area contributed by atoms with E-state index in [1.165, 1.54) is 24.6 Å². The number of anilines is 1. The highest BCUT2D eigenvalue weighted by Crippen LogP contribution is 2.28. The second-order valence-corrected chi connectivity index (χ2v) is 4.94. The van der Waals surface area contributed by atoms with Crippen molar-refractivity contribution in [3.63, 3.8) is 0 Å². The summed E-state index contributed by atoms with van der Waals surface area (Å²) in [5, 5.41) is 4.05. The Kier molecular flexibility index (Phi) is 3.96. The van der Waals surface area contributed by atoms with Crippen molar-refractivity contribution in [1.82, 2.24) is 4.98 Å². The van der Waals surface area contributed by atoms with Crippen molar-refractivity contribution < 1.29 is 14.3 Å². The fraction of sp³-hybridized carbons (Fsp3) is 0.636. The average molecular weight is 256 g/mol. The summed E-state index contributed by atoms with van der Waals surface area (Å²) in [5.74, 6) is -0.337. The van der Waals surface area contributed by atoms with Crippen molar-refractivity contribution in [2.24, 2.45) is 0 Å². The molecule has 0 saturated heterocycles. The molecule has 0 amide bonds. The smallest absolute Gasteiger partial charge is 0.349 e. The van der Waals surface area contributed by atoms with Crippen LogP contribution in [0.4, 0.5) is 5.13 Å². The Morgan fingerprint density at radius 1 is 1.65 bits per heavy atom. The molecule has 0 unspecified atom stereocenters. The summed E-state index contributed by atoms with van der Waals surface area (Å²) in [6, 6.07) is 0.406. The molecule has 0 bridgehead atoms. The Morgan fingerprint density at radius 2 is 2.41 bits per heavy atom. The number of carbonyl (C=O) groups excluding carboxylic acids is 1. The quantitative estimate of drug-likeness (QED) is 0.815. The van der Waals surface area contributed by atoms with Gasteiger partial charge in [0.05, 0.1) is 19.4 Å². The number of esters is 1. The summed E-state index contributed by atoms with van der Waals surface area (Å²) in [6.07, 6.45) is 3.91. The third-order valence-electron chi connectivity index (χ3n) is 2.72. The first-order valence-electron chi connectivity index (χ1n) is 5.65. The van der Waals surface area contributed by atoms with Gasteiger partial charge >= 0.3 is 5.97 Å². The molecule has 0 aromatic carbocycles. The zero-order valence-electron chi connectivity index (χ0n) is 9.93. The lowest BCUT2D eigenvalue weighted by atomic mass is 9.89. The van der Waals surface area contributed by atoms with Gasteiger partial charge in [-0.25, -0.2) is 9.78 Å². The number of ether oxygens (including phenoxy) is 2. The molecule has 0 atom stereocenters. The number of methoxy groups -OCH3 is 1. The number of nitrogens with one attached hydrogen (secondary N) is 1. The molecular weight excluding hydrogens is 240 g/mol. The van der Waals surface area contributed by atoms with Gasteiger partial charge in [0.15, 0.2) is 5.13 Å². The van der Waals surface area contributed by atoms with Crippen LogP contribution in [-0.2, 0) is 9.47 Å². The minimum Gasteiger partial charge on any atom is -0.465 e. The number of hydrogen-bond acceptors (Lipinski definition) is 6. The maximum atomic E-state index is 11.2. The van der Waals surface area contributed by atoms with Crippen molar-refractivity contribution in [3.05, 3.63) is 11.1 Å². The van der Waals surface area contributed by atoms with Crippen LogP contribution in [0.2, 0.25) is 0 Å². The van der Waals surface area contributed by atoms with Gasteiger partial charge in [0.1, 0.15) is 4.88 Å². The van der Waals surface area contributed by atoms with Crippen molar-refractivity contribution in [1.29, 1.82) is 0 Å². The number of hydrogen-bond donors (Lipinski definition) is 1. The molecule has 0 aliphatic heterocycles. The van der Waals surface area contributed by atoms with Gasteiger partial charge in [-0.2, -0.15) is 0 Å². The number of carbonyl (C=O) groups is 1. The summed E-state index contributed by atoms with van der Waals surface area (Å²) in [5.41, 5.74) is 0. The van der Waals surface area contributed by atoms with Gasteiger partial charge in [0, 0.05) is 12.6 Å². The van der Waals surface area contributed by atoms with E-state index in [1.54, 1.807) is 0 Å². The maximum absolute atomic E-state index is 11.2. The molecule has 5 nitrogen and oxygen atoms in total. The summed E-state index contributed by atoms with van der Waals surface area (Å²) >= 11 is 1.32. The van der Waals surface area contributed by atoms with Crippen LogP contribution in [0.25, 0.3) is 0 Å². The highest BCUT2D eigenvalue weighted by Gasteiger charge is 2.30. The van der Waals surface area contributed by atoms with Crippen molar-refractivity contribution in [2.75, 3.05) is 19.0 Å². The molecule has 1 fully saturated rings. The van der Waals surface area contributed by atoms with Crippen molar-refractivity contribution in [2.45, 2.75) is 31.9 Å². The van der Waals surface area contributed by atoms with Crippen LogP contribution in [0.5, 0.6) is 0 Å². The van der Waals surface area contributed by atoms with Gasteiger partial charge in [0.2, 0.25) is 0 Å². The van der Waals surface area contributed by atoms with Crippen molar-refractivity contribution >= 4 is 22.4 Å². The third-order valence-corrected chi connectivity index (χ3v) is 3.63. The topological polar surface area (TPSA) is 60.5 Å². The van der Waals surface area contributed by atoms with Gasteiger partial charge in [0.25, 0.3) is 0 Å². The summed E-state index contributed by atoms with van der Waals surface area (Å²) < 4.78 is 10.1. The van der Waals surface area contributed by atoms with E-state index in [1.807, 2.05) is 6.92 Å². The largest absolute Gasteiger partial charge is 0.465 e. The number of rotatable bonds is 5. The zero-order chi connectivity index (χ0) is 12.3. The molecule has 1 aliphatic carbocycles. The molecule has 1 saturated carbocycles. The Hall–Kier alpha value is -1.14.